The van der Waals surface area contributed by atoms with Crippen molar-refractivity contribution in [2.45, 2.75) is 57.0 Å². The number of hydrogen-bond donors (Lipinski definition) is 2. The molecule has 0 bridgehead atoms. The molecule has 0 radical (unpaired) electrons. The fraction of sp³-hybridized carbons (Fsp3) is 0.480. The van der Waals surface area contributed by atoms with Gasteiger partial charge >= 0.3 is 6.16 Å². The van der Waals surface area contributed by atoms with E-state index in [1.165, 1.54) is 5.56 Å². The number of hydrogen-bond acceptors (Lipinski definition) is 8. The summed E-state index contributed by atoms with van der Waals surface area (Å²) in [7, 11) is 0. The number of fused-ring (bicyclic) bond motifs is 1. The molecule has 2 aliphatic rings. The molecule has 9 heteroatoms. The van der Waals surface area contributed by atoms with Gasteiger partial charge in [-0.25, -0.2) is 9.18 Å². The van der Waals surface area contributed by atoms with Crippen LogP contribution in [0.3, 0.4) is 0 Å². The summed E-state index contributed by atoms with van der Waals surface area (Å²) in [5.74, 6) is 0.621. The number of aryl methyl sites for hydroxylation is 1. The summed E-state index contributed by atoms with van der Waals surface area (Å²) < 4.78 is 41.5. The van der Waals surface area contributed by atoms with Gasteiger partial charge in [0.1, 0.15) is 42.9 Å². The van der Waals surface area contributed by atoms with Gasteiger partial charge in [0, 0.05) is 5.56 Å². The van der Waals surface area contributed by atoms with Crippen LogP contribution in [0.4, 0.5) is 9.18 Å². The van der Waals surface area contributed by atoms with E-state index in [-0.39, 0.29) is 13.4 Å². The van der Waals surface area contributed by atoms with Gasteiger partial charge in [-0.15, -0.1) is 0 Å². The summed E-state index contributed by atoms with van der Waals surface area (Å²) in [6.45, 7) is 3.42. The molecule has 0 saturated carbocycles. The molecule has 0 aromatic heterocycles. The van der Waals surface area contributed by atoms with Crippen molar-refractivity contribution >= 4 is 6.16 Å². The maximum absolute atomic E-state index is 14.6. The Kier molecular flexibility index (Phi) is 7.67. The molecule has 2 aromatic rings. The lowest BCUT2D eigenvalue weighted by molar-refractivity contribution is -0.215. The molecule has 0 aliphatic carbocycles. The smallest absolute Gasteiger partial charge is 0.467 e. The molecule has 34 heavy (non-hydrogen) atoms. The standard InChI is InChI=1S/C25H29FO8/c1-3-14-5-7-15(8-6-14)23-17-11-16(9-10-18(17)32-13-33-23)24-22(28)21(27)20(26)19(34-24)12-31-25(29)30-4-2/h5-11,19-24,27-28H,3-4,12-13H2,1-2H3. The van der Waals surface area contributed by atoms with Crippen LogP contribution in [-0.4, -0.2) is 60.9 Å². The zero-order chi connectivity index (χ0) is 24.2. The molecular formula is C25H29FO8. The Morgan fingerprint density at radius 3 is 2.50 bits per heavy atom. The topological polar surface area (TPSA) is 104 Å². The SMILES string of the molecule is CCOC(=O)OCC1OC(c2ccc3c(c2)C(c2ccc(CC)cc2)OCO3)C(O)C(O)C1F. The molecule has 184 valence electrons. The zero-order valence-electron chi connectivity index (χ0n) is 19.1. The monoisotopic (exact) mass is 476 g/mol. The molecule has 1 saturated heterocycles. The number of aliphatic hydroxyl groups is 2. The van der Waals surface area contributed by atoms with E-state index >= 15 is 0 Å². The van der Waals surface area contributed by atoms with Gasteiger partial charge in [0.2, 0.25) is 0 Å². The zero-order valence-corrected chi connectivity index (χ0v) is 19.1. The fourth-order valence-electron chi connectivity index (χ4n) is 4.19. The Morgan fingerprint density at radius 2 is 1.79 bits per heavy atom. The maximum atomic E-state index is 14.6. The third-order valence-corrected chi connectivity index (χ3v) is 6.08. The van der Waals surface area contributed by atoms with Crippen LogP contribution in [-0.2, 0) is 25.4 Å². The highest BCUT2D eigenvalue weighted by Crippen LogP contribution is 2.41. The van der Waals surface area contributed by atoms with Crippen molar-refractivity contribution in [1.29, 1.82) is 0 Å². The quantitative estimate of drug-likeness (QED) is 0.612. The Morgan fingerprint density at radius 1 is 1.06 bits per heavy atom. The van der Waals surface area contributed by atoms with Crippen molar-refractivity contribution in [3.05, 3.63) is 64.7 Å². The molecule has 2 aliphatic heterocycles. The second kappa shape index (κ2) is 10.7. The fourth-order valence-corrected chi connectivity index (χ4v) is 4.19. The van der Waals surface area contributed by atoms with Gasteiger partial charge in [-0.05, 0) is 42.2 Å². The maximum Gasteiger partial charge on any atom is 0.508 e. The Balaban J connectivity index is 1.58. The molecule has 2 N–H and O–H groups in total. The first-order valence-corrected chi connectivity index (χ1v) is 11.3. The number of aliphatic hydroxyl groups excluding tert-OH is 2. The highest BCUT2D eigenvalue weighted by Gasteiger charge is 2.46. The molecule has 6 atom stereocenters. The van der Waals surface area contributed by atoms with Gasteiger partial charge in [-0.1, -0.05) is 37.3 Å². The predicted molar refractivity (Wildman–Crippen MR) is 118 cm³/mol. The number of carbonyl (C=O) groups excluding carboxylic acids is 1. The first-order chi connectivity index (χ1) is 16.4. The van der Waals surface area contributed by atoms with E-state index in [1.807, 2.05) is 24.3 Å². The molecule has 4 rings (SSSR count). The number of benzene rings is 2. The van der Waals surface area contributed by atoms with Crippen LogP contribution >= 0.6 is 0 Å². The van der Waals surface area contributed by atoms with Crippen LogP contribution in [0, 0.1) is 0 Å². The van der Waals surface area contributed by atoms with Gasteiger partial charge in [0.25, 0.3) is 0 Å². The lowest BCUT2D eigenvalue weighted by Crippen LogP contribution is -2.53. The van der Waals surface area contributed by atoms with Crippen LogP contribution in [0.25, 0.3) is 0 Å². The van der Waals surface area contributed by atoms with E-state index in [2.05, 4.69) is 11.7 Å². The van der Waals surface area contributed by atoms with Crippen molar-refractivity contribution in [2.24, 2.45) is 0 Å². The van der Waals surface area contributed by atoms with Gasteiger partial charge in [0.05, 0.1) is 6.61 Å². The third kappa shape index (κ3) is 5.02. The molecule has 2 heterocycles. The second-order valence-corrected chi connectivity index (χ2v) is 8.22. The predicted octanol–water partition coefficient (Wildman–Crippen LogP) is 3.38. The molecule has 8 nitrogen and oxygen atoms in total. The molecule has 6 unspecified atom stereocenters. The number of rotatable bonds is 6. The molecular weight excluding hydrogens is 447 g/mol. The lowest BCUT2D eigenvalue weighted by atomic mass is 9.89. The van der Waals surface area contributed by atoms with E-state index in [9.17, 15) is 19.4 Å². The van der Waals surface area contributed by atoms with E-state index in [0.717, 1.165) is 17.5 Å². The number of ether oxygens (including phenoxy) is 5. The third-order valence-electron chi connectivity index (χ3n) is 6.08. The van der Waals surface area contributed by atoms with Crippen LogP contribution in [0.5, 0.6) is 5.75 Å². The average molecular weight is 476 g/mol. The van der Waals surface area contributed by atoms with Crippen LogP contribution < -0.4 is 4.74 Å². The van der Waals surface area contributed by atoms with Crippen molar-refractivity contribution in [1.82, 2.24) is 0 Å². The number of halogens is 1. The minimum atomic E-state index is -1.95. The van der Waals surface area contributed by atoms with Crippen molar-refractivity contribution in [2.75, 3.05) is 20.0 Å². The van der Waals surface area contributed by atoms with E-state index in [4.69, 9.17) is 18.9 Å². The lowest BCUT2D eigenvalue weighted by Gasteiger charge is -2.39. The van der Waals surface area contributed by atoms with Gasteiger partial charge in [-0.2, -0.15) is 0 Å². The van der Waals surface area contributed by atoms with Crippen LogP contribution in [0.15, 0.2) is 42.5 Å². The number of alkyl halides is 1. The first-order valence-electron chi connectivity index (χ1n) is 11.3. The molecule has 1 fully saturated rings. The molecule has 2 aromatic carbocycles. The van der Waals surface area contributed by atoms with E-state index < -0.39 is 49.5 Å². The number of carbonyl (C=O) groups is 1. The van der Waals surface area contributed by atoms with E-state index in [1.54, 1.807) is 25.1 Å². The van der Waals surface area contributed by atoms with Crippen molar-refractivity contribution < 1.29 is 43.1 Å². The van der Waals surface area contributed by atoms with Crippen molar-refractivity contribution in [3.8, 4) is 5.75 Å². The van der Waals surface area contributed by atoms with Gasteiger partial charge < -0.3 is 33.9 Å². The normalized spacial score (nSPS) is 28.5. The summed E-state index contributed by atoms with van der Waals surface area (Å²) >= 11 is 0. The van der Waals surface area contributed by atoms with Gasteiger partial charge in [0.15, 0.2) is 13.0 Å². The Labute approximate surface area is 197 Å². The van der Waals surface area contributed by atoms with Gasteiger partial charge in [-0.3, -0.25) is 0 Å². The van der Waals surface area contributed by atoms with Crippen LogP contribution in [0.1, 0.15) is 48.3 Å². The molecule has 0 amide bonds. The summed E-state index contributed by atoms with van der Waals surface area (Å²) in [6.07, 6.45) is -8.00. The minimum absolute atomic E-state index is 0.0879. The second-order valence-electron chi connectivity index (χ2n) is 8.22. The van der Waals surface area contributed by atoms with Crippen LogP contribution in [0.2, 0.25) is 0 Å². The Bertz CT molecular complexity index is 981. The first kappa shape index (κ1) is 24.4. The Hall–Kier alpha value is -2.72. The molecule has 0 spiro atoms. The summed E-state index contributed by atoms with van der Waals surface area (Å²) in [5.41, 5.74) is 3.37. The minimum Gasteiger partial charge on any atom is -0.467 e. The van der Waals surface area contributed by atoms with E-state index in [0.29, 0.717) is 11.3 Å². The van der Waals surface area contributed by atoms with Crippen molar-refractivity contribution in [3.63, 3.8) is 0 Å². The highest BCUT2D eigenvalue weighted by atomic mass is 19.1. The summed E-state index contributed by atoms with van der Waals surface area (Å²) in [5, 5.41) is 20.9. The largest absolute Gasteiger partial charge is 0.508 e. The summed E-state index contributed by atoms with van der Waals surface area (Å²) in [4.78, 5) is 11.5. The average Bonchev–Trinajstić information content (AvgIpc) is 2.86. The highest BCUT2D eigenvalue weighted by molar-refractivity contribution is 5.59. The summed E-state index contributed by atoms with van der Waals surface area (Å²) in [6, 6.07) is 13.2.